The van der Waals surface area contributed by atoms with E-state index < -0.39 is 5.54 Å². The second-order valence-electron chi connectivity index (χ2n) is 5.31. The summed E-state index contributed by atoms with van der Waals surface area (Å²) < 4.78 is 5.71. The maximum Gasteiger partial charge on any atom is 0.111 e. The Morgan fingerprint density at radius 1 is 1.28 bits per heavy atom. The molecular weight excluding hydrogens is 226 g/mol. The van der Waals surface area contributed by atoms with Gasteiger partial charge in [0.1, 0.15) is 5.54 Å². The molecule has 0 amide bonds. The molecule has 1 aliphatic rings. The van der Waals surface area contributed by atoms with Gasteiger partial charge in [-0.05, 0) is 26.9 Å². The minimum Gasteiger partial charge on any atom is -0.375 e. The van der Waals surface area contributed by atoms with Crippen LogP contribution in [0, 0.1) is 11.3 Å². The van der Waals surface area contributed by atoms with Crippen molar-refractivity contribution in [2.45, 2.75) is 58.3 Å². The van der Waals surface area contributed by atoms with Gasteiger partial charge in [0.05, 0.1) is 18.3 Å². The summed E-state index contributed by atoms with van der Waals surface area (Å²) in [5.41, 5.74) is -0.399. The first-order valence-corrected chi connectivity index (χ1v) is 7.09. The van der Waals surface area contributed by atoms with Gasteiger partial charge in [0, 0.05) is 25.9 Å². The zero-order chi connectivity index (χ0) is 13.6. The Hall–Kier alpha value is -0.630. The van der Waals surface area contributed by atoms with E-state index in [4.69, 9.17) is 4.74 Å². The van der Waals surface area contributed by atoms with E-state index in [0.717, 1.165) is 39.0 Å². The third-order valence-electron chi connectivity index (χ3n) is 3.74. The molecule has 4 heteroatoms. The van der Waals surface area contributed by atoms with E-state index in [9.17, 15) is 5.26 Å². The summed E-state index contributed by atoms with van der Waals surface area (Å²) in [5.74, 6) is 0. The number of nitrogens with one attached hydrogen (secondary N) is 1. The lowest BCUT2D eigenvalue weighted by Crippen LogP contribution is -2.54. The van der Waals surface area contributed by atoms with Crippen molar-refractivity contribution < 1.29 is 4.74 Å². The third kappa shape index (κ3) is 4.24. The van der Waals surface area contributed by atoms with Crippen molar-refractivity contribution in [2.75, 3.05) is 26.2 Å². The zero-order valence-electron chi connectivity index (χ0n) is 12.2. The third-order valence-corrected chi connectivity index (χ3v) is 3.74. The molecule has 1 aliphatic heterocycles. The molecule has 2 atom stereocenters. The molecular formula is C14H27N3O. The SMILES string of the molecule is CCN(CC)CCNC1(C#N)CC(C)OC(C)C1. The molecule has 1 N–H and O–H groups in total. The largest absolute Gasteiger partial charge is 0.375 e. The molecule has 0 spiro atoms. The van der Waals surface area contributed by atoms with Crippen LogP contribution in [0.25, 0.3) is 0 Å². The molecule has 0 bridgehead atoms. The molecule has 1 rings (SSSR count). The molecule has 104 valence electrons. The Bertz CT molecular complexity index is 273. The van der Waals surface area contributed by atoms with Gasteiger partial charge in [-0.2, -0.15) is 5.26 Å². The first kappa shape index (κ1) is 15.4. The van der Waals surface area contributed by atoms with E-state index >= 15 is 0 Å². The average Bonchev–Trinajstić information content (AvgIpc) is 2.33. The second-order valence-corrected chi connectivity index (χ2v) is 5.31. The van der Waals surface area contributed by atoms with Crippen LogP contribution in [0.2, 0.25) is 0 Å². The van der Waals surface area contributed by atoms with Crippen LogP contribution in [0.3, 0.4) is 0 Å². The number of hydrogen-bond donors (Lipinski definition) is 1. The average molecular weight is 253 g/mol. The van der Waals surface area contributed by atoms with Crippen molar-refractivity contribution in [3.63, 3.8) is 0 Å². The maximum absolute atomic E-state index is 9.48. The Kier molecular flexibility index (Phi) is 6.07. The molecule has 0 saturated carbocycles. The maximum atomic E-state index is 9.48. The predicted molar refractivity (Wildman–Crippen MR) is 73.4 cm³/mol. The van der Waals surface area contributed by atoms with Gasteiger partial charge in [0.15, 0.2) is 0 Å². The molecule has 0 aromatic carbocycles. The van der Waals surface area contributed by atoms with Gasteiger partial charge in [-0.25, -0.2) is 0 Å². The fraction of sp³-hybridized carbons (Fsp3) is 0.929. The van der Waals surface area contributed by atoms with Crippen LogP contribution in [-0.4, -0.2) is 48.8 Å². The van der Waals surface area contributed by atoms with Gasteiger partial charge in [-0.1, -0.05) is 13.8 Å². The highest BCUT2D eigenvalue weighted by Crippen LogP contribution is 2.28. The van der Waals surface area contributed by atoms with Crippen molar-refractivity contribution >= 4 is 0 Å². The molecule has 0 aromatic heterocycles. The molecule has 18 heavy (non-hydrogen) atoms. The molecule has 0 aromatic rings. The highest BCUT2D eigenvalue weighted by atomic mass is 16.5. The smallest absolute Gasteiger partial charge is 0.111 e. The highest BCUT2D eigenvalue weighted by Gasteiger charge is 2.38. The van der Waals surface area contributed by atoms with Crippen LogP contribution >= 0.6 is 0 Å². The predicted octanol–water partition coefficient (Wildman–Crippen LogP) is 1.77. The topological polar surface area (TPSA) is 48.3 Å². The van der Waals surface area contributed by atoms with E-state index in [1.165, 1.54) is 0 Å². The first-order chi connectivity index (χ1) is 8.55. The van der Waals surface area contributed by atoms with Gasteiger partial charge in [0.2, 0.25) is 0 Å². The number of hydrogen-bond acceptors (Lipinski definition) is 4. The highest BCUT2D eigenvalue weighted by molar-refractivity contribution is 5.10. The number of nitriles is 1. The molecule has 1 saturated heterocycles. The van der Waals surface area contributed by atoms with E-state index in [-0.39, 0.29) is 12.2 Å². The van der Waals surface area contributed by atoms with E-state index in [1.807, 2.05) is 13.8 Å². The number of likely N-dealkylation sites (N-methyl/N-ethyl adjacent to an activating group) is 1. The zero-order valence-corrected chi connectivity index (χ0v) is 12.2. The number of rotatable bonds is 6. The second kappa shape index (κ2) is 7.08. The lowest BCUT2D eigenvalue weighted by molar-refractivity contribution is -0.0564. The normalized spacial score (nSPS) is 32.4. The summed E-state index contributed by atoms with van der Waals surface area (Å²) in [5, 5.41) is 12.9. The van der Waals surface area contributed by atoms with Gasteiger partial charge in [-0.3, -0.25) is 5.32 Å². The summed E-state index contributed by atoms with van der Waals surface area (Å²) in [7, 11) is 0. The minimum atomic E-state index is -0.399. The van der Waals surface area contributed by atoms with Gasteiger partial charge < -0.3 is 9.64 Å². The van der Waals surface area contributed by atoms with Gasteiger partial charge >= 0.3 is 0 Å². The number of ether oxygens (including phenoxy) is 1. The lowest BCUT2D eigenvalue weighted by atomic mass is 9.85. The van der Waals surface area contributed by atoms with Gasteiger partial charge in [0.25, 0.3) is 0 Å². The fourth-order valence-corrected chi connectivity index (χ4v) is 2.83. The minimum absolute atomic E-state index is 0.161. The molecule has 2 unspecified atom stereocenters. The van der Waals surface area contributed by atoms with E-state index in [1.54, 1.807) is 0 Å². The molecule has 1 heterocycles. The van der Waals surface area contributed by atoms with Crippen LogP contribution in [-0.2, 0) is 4.74 Å². The summed E-state index contributed by atoms with van der Waals surface area (Å²) >= 11 is 0. The monoisotopic (exact) mass is 253 g/mol. The van der Waals surface area contributed by atoms with Gasteiger partial charge in [-0.15, -0.1) is 0 Å². The summed E-state index contributed by atoms with van der Waals surface area (Å²) in [6.07, 6.45) is 1.89. The Morgan fingerprint density at radius 2 is 1.83 bits per heavy atom. The summed E-state index contributed by atoms with van der Waals surface area (Å²) in [6, 6.07) is 2.48. The Morgan fingerprint density at radius 3 is 2.28 bits per heavy atom. The quantitative estimate of drug-likeness (QED) is 0.783. The van der Waals surface area contributed by atoms with Crippen LogP contribution in [0.15, 0.2) is 0 Å². The summed E-state index contributed by atoms with van der Waals surface area (Å²) in [6.45, 7) is 12.4. The van der Waals surface area contributed by atoms with Crippen molar-refractivity contribution in [1.29, 1.82) is 5.26 Å². The van der Waals surface area contributed by atoms with Crippen molar-refractivity contribution in [1.82, 2.24) is 10.2 Å². The summed E-state index contributed by atoms with van der Waals surface area (Å²) in [4.78, 5) is 2.37. The van der Waals surface area contributed by atoms with Crippen LogP contribution in [0.5, 0.6) is 0 Å². The van der Waals surface area contributed by atoms with E-state index in [2.05, 4.69) is 30.1 Å². The standard InChI is InChI=1S/C14H27N3O/c1-5-17(6-2)8-7-16-14(11-15)9-12(3)18-13(4)10-14/h12-13,16H,5-10H2,1-4H3. The van der Waals surface area contributed by atoms with E-state index in [0.29, 0.717) is 0 Å². The van der Waals surface area contributed by atoms with Crippen molar-refractivity contribution in [3.05, 3.63) is 0 Å². The van der Waals surface area contributed by atoms with Crippen LogP contribution in [0.1, 0.15) is 40.5 Å². The Labute approximate surface area is 111 Å². The van der Waals surface area contributed by atoms with Crippen LogP contribution in [0.4, 0.5) is 0 Å². The first-order valence-electron chi connectivity index (χ1n) is 7.09. The number of nitrogens with zero attached hydrogens (tertiary/aromatic N) is 2. The molecule has 4 nitrogen and oxygen atoms in total. The fourth-order valence-electron chi connectivity index (χ4n) is 2.83. The van der Waals surface area contributed by atoms with Crippen molar-refractivity contribution in [2.24, 2.45) is 0 Å². The van der Waals surface area contributed by atoms with Crippen LogP contribution < -0.4 is 5.32 Å². The molecule has 1 fully saturated rings. The Balaban J connectivity index is 2.48. The van der Waals surface area contributed by atoms with Crippen molar-refractivity contribution in [3.8, 4) is 6.07 Å². The molecule has 0 radical (unpaired) electrons. The lowest BCUT2D eigenvalue weighted by Gasteiger charge is -2.39. The molecule has 0 aliphatic carbocycles.